The third-order valence-electron chi connectivity index (χ3n) is 3.02. The van der Waals surface area contributed by atoms with Crippen molar-refractivity contribution in [3.05, 3.63) is 29.8 Å². The highest BCUT2D eigenvalue weighted by atomic mass is 32.2. The van der Waals surface area contributed by atoms with Crippen LogP contribution in [-0.2, 0) is 0 Å². The molecule has 0 aliphatic carbocycles. The third kappa shape index (κ3) is 6.39. The fourth-order valence-corrected chi connectivity index (χ4v) is 2.80. The molecule has 0 aromatic heterocycles. The van der Waals surface area contributed by atoms with Crippen LogP contribution >= 0.6 is 11.8 Å². The number of thioether (sulfide) groups is 1. The highest BCUT2D eigenvalue weighted by Crippen LogP contribution is 2.23. The normalized spacial score (nSPS) is 12.6. The third-order valence-corrected chi connectivity index (χ3v) is 4.16. The van der Waals surface area contributed by atoms with Gasteiger partial charge in [0.2, 0.25) is 0 Å². The first kappa shape index (κ1) is 16.4. The van der Waals surface area contributed by atoms with E-state index in [4.69, 9.17) is 0 Å². The van der Waals surface area contributed by atoms with Crippen molar-refractivity contribution in [2.75, 3.05) is 12.3 Å². The van der Waals surface area contributed by atoms with Gasteiger partial charge in [0.05, 0.1) is 0 Å². The van der Waals surface area contributed by atoms with Crippen LogP contribution in [-0.4, -0.2) is 18.3 Å². The van der Waals surface area contributed by atoms with Crippen molar-refractivity contribution in [1.82, 2.24) is 5.32 Å². The maximum atomic E-state index is 13.4. The van der Waals surface area contributed by atoms with Gasteiger partial charge in [-0.05, 0) is 50.1 Å². The molecule has 0 spiro atoms. The van der Waals surface area contributed by atoms with Crippen LogP contribution in [0.5, 0.6) is 0 Å². The summed E-state index contributed by atoms with van der Waals surface area (Å²) in [7, 11) is 0. The Kier molecular flexibility index (Phi) is 8.07. The van der Waals surface area contributed by atoms with E-state index in [2.05, 4.69) is 19.2 Å². The number of benzene rings is 1. The van der Waals surface area contributed by atoms with Crippen molar-refractivity contribution < 1.29 is 8.78 Å². The molecular weight excluding hydrogens is 264 g/mol. The molecule has 0 saturated carbocycles. The van der Waals surface area contributed by atoms with E-state index >= 15 is 0 Å². The molecule has 0 heterocycles. The molecule has 1 aromatic rings. The summed E-state index contributed by atoms with van der Waals surface area (Å²) in [6.45, 7) is 5.39. The lowest BCUT2D eigenvalue weighted by Gasteiger charge is -2.16. The number of halogens is 2. The summed E-state index contributed by atoms with van der Waals surface area (Å²) < 4.78 is 26.1. The molecule has 0 aliphatic heterocycles. The molecule has 19 heavy (non-hydrogen) atoms. The second-order valence-electron chi connectivity index (χ2n) is 4.62. The van der Waals surface area contributed by atoms with Crippen LogP contribution in [0.4, 0.5) is 8.78 Å². The van der Waals surface area contributed by atoms with Crippen molar-refractivity contribution in [3.8, 4) is 0 Å². The molecule has 1 N–H and O–H groups in total. The minimum Gasteiger partial charge on any atom is -0.314 e. The van der Waals surface area contributed by atoms with Gasteiger partial charge in [-0.15, -0.1) is 11.8 Å². The van der Waals surface area contributed by atoms with E-state index in [0.717, 1.165) is 44.0 Å². The Morgan fingerprint density at radius 1 is 1.26 bits per heavy atom. The minimum atomic E-state index is -0.517. The van der Waals surface area contributed by atoms with E-state index in [1.807, 2.05) is 0 Å². The lowest BCUT2D eigenvalue weighted by atomic mass is 10.1. The molecule has 1 rings (SSSR count). The first-order valence-corrected chi connectivity index (χ1v) is 7.97. The highest BCUT2D eigenvalue weighted by Gasteiger charge is 2.07. The Morgan fingerprint density at radius 2 is 2.05 bits per heavy atom. The van der Waals surface area contributed by atoms with Gasteiger partial charge in [-0.1, -0.05) is 13.8 Å². The lowest BCUT2D eigenvalue weighted by Crippen LogP contribution is -2.29. The maximum absolute atomic E-state index is 13.4. The number of rotatable bonds is 9. The van der Waals surface area contributed by atoms with Crippen molar-refractivity contribution >= 4 is 11.8 Å². The van der Waals surface area contributed by atoms with Crippen molar-refractivity contribution in [2.24, 2.45) is 0 Å². The average Bonchev–Trinajstić information content (AvgIpc) is 2.40. The zero-order valence-corrected chi connectivity index (χ0v) is 12.5. The number of hydrogen-bond acceptors (Lipinski definition) is 2. The summed E-state index contributed by atoms with van der Waals surface area (Å²) in [6, 6.07) is 4.32. The molecule has 0 radical (unpaired) electrons. The Hall–Kier alpha value is -0.610. The van der Waals surface area contributed by atoms with Crippen LogP contribution in [0.2, 0.25) is 0 Å². The van der Waals surface area contributed by atoms with Gasteiger partial charge < -0.3 is 5.32 Å². The second kappa shape index (κ2) is 9.32. The molecular formula is C15H23F2NS. The van der Waals surface area contributed by atoms with Crippen LogP contribution < -0.4 is 5.32 Å². The Bertz CT molecular complexity index is 371. The lowest BCUT2D eigenvalue weighted by molar-refractivity contribution is 0.465. The summed E-state index contributed by atoms with van der Waals surface area (Å²) in [5.74, 6) is -0.106. The SMILES string of the molecule is CCCNC(CC)CCCSc1ccc(F)cc1F. The molecule has 108 valence electrons. The van der Waals surface area contributed by atoms with Gasteiger partial charge in [-0.2, -0.15) is 0 Å². The van der Waals surface area contributed by atoms with E-state index in [9.17, 15) is 8.78 Å². The number of nitrogens with one attached hydrogen (secondary N) is 1. The summed E-state index contributed by atoms with van der Waals surface area (Å²) in [6.07, 6.45) is 4.41. The van der Waals surface area contributed by atoms with Gasteiger partial charge in [-0.3, -0.25) is 0 Å². The summed E-state index contributed by atoms with van der Waals surface area (Å²) in [5.41, 5.74) is 0. The minimum absolute atomic E-state index is 0.457. The predicted molar refractivity (Wildman–Crippen MR) is 78.7 cm³/mol. The van der Waals surface area contributed by atoms with Crippen LogP contribution in [0.1, 0.15) is 39.5 Å². The standard InChI is InChI=1S/C15H23F2NS/c1-3-9-18-13(4-2)6-5-10-19-15-8-7-12(16)11-14(15)17/h7-8,11,13,18H,3-6,9-10H2,1-2H3. The quantitative estimate of drug-likeness (QED) is 0.525. The summed E-state index contributed by atoms with van der Waals surface area (Å²) in [4.78, 5) is 0.538. The van der Waals surface area contributed by atoms with Crippen LogP contribution in [0, 0.1) is 11.6 Å². The molecule has 1 nitrogen and oxygen atoms in total. The topological polar surface area (TPSA) is 12.0 Å². The van der Waals surface area contributed by atoms with Crippen molar-refractivity contribution in [2.45, 2.75) is 50.5 Å². The first-order valence-electron chi connectivity index (χ1n) is 6.98. The zero-order chi connectivity index (χ0) is 14.1. The predicted octanol–water partition coefficient (Wildman–Crippen LogP) is 4.62. The smallest absolute Gasteiger partial charge is 0.139 e. The maximum Gasteiger partial charge on any atom is 0.139 e. The van der Waals surface area contributed by atoms with Crippen molar-refractivity contribution in [3.63, 3.8) is 0 Å². The summed E-state index contributed by atoms with van der Waals surface area (Å²) >= 11 is 1.46. The fraction of sp³-hybridized carbons (Fsp3) is 0.600. The highest BCUT2D eigenvalue weighted by molar-refractivity contribution is 7.99. The zero-order valence-electron chi connectivity index (χ0n) is 11.7. The van der Waals surface area contributed by atoms with E-state index in [-0.39, 0.29) is 0 Å². The molecule has 0 saturated heterocycles. The molecule has 1 aromatic carbocycles. The molecule has 0 aliphatic rings. The summed E-state index contributed by atoms with van der Waals surface area (Å²) in [5, 5.41) is 3.50. The average molecular weight is 287 g/mol. The van der Waals surface area contributed by atoms with Crippen LogP contribution in [0.25, 0.3) is 0 Å². The fourth-order valence-electron chi connectivity index (χ4n) is 1.90. The van der Waals surface area contributed by atoms with Crippen molar-refractivity contribution in [1.29, 1.82) is 0 Å². The molecule has 1 atom stereocenters. The Labute approximate surface area is 119 Å². The Balaban J connectivity index is 2.26. The van der Waals surface area contributed by atoms with Gasteiger partial charge in [0.15, 0.2) is 0 Å². The Morgan fingerprint density at radius 3 is 2.68 bits per heavy atom. The van der Waals surface area contributed by atoms with Gasteiger partial charge in [0.1, 0.15) is 11.6 Å². The van der Waals surface area contributed by atoms with Gasteiger partial charge in [0.25, 0.3) is 0 Å². The molecule has 1 unspecified atom stereocenters. The monoisotopic (exact) mass is 287 g/mol. The molecule has 0 amide bonds. The first-order chi connectivity index (χ1) is 9.17. The van der Waals surface area contributed by atoms with Crippen LogP contribution in [0.15, 0.2) is 23.1 Å². The molecule has 0 bridgehead atoms. The van der Waals surface area contributed by atoms with E-state index in [1.54, 1.807) is 0 Å². The molecule has 0 fully saturated rings. The second-order valence-corrected chi connectivity index (χ2v) is 5.76. The van der Waals surface area contributed by atoms with E-state index in [0.29, 0.717) is 10.9 Å². The van der Waals surface area contributed by atoms with E-state index in [1.165, 1.54) is 23.9 Å². The van der Waals surface area contributed by atoms with E-state index < -0.39 is 11.6 Å². The number of hydrogen-bond donors (Lipinski definition) is 1. The largest absolute Gasteiger partial charge is 0.314 e. The molecule has 4 heteroatoms. The van der Waals surface area contributed by atoms with Gasteiger partial charge in [0, 0.05) is 17.0 Å². The van der Waals surface area contributed by atoms with Crippen LogP contribution in [0.3, 0.4) is 0 Å². The van der Waals surface area contributed by atoms with Gasteiger partial charge in [-0.25, -0.2) is 8.78 Å². The van der Waals surface area contributed by atoms with Gasteiger partial charge >= 0.3 is 0 Å².